The fourth-order valence-electron chi connectivity index (χ4n) is 4.27. The molecule has 6 heteroatoms. The number of guanidine groups is 1. The smallest absolute Gasteiger partial charge is 0.191 e. The van der Waals surface area contributed by atoms with Gasteiger partial charge in [-0.2, -0.15) is 0 Å². The number of hydrogen-bond acceptors (Lipinski definition) is 4. The second-order valence-electron chi connectivity index (χ2n) is 8.44. The van der Waals surface area contributed by atoms with Gasteiger partial charge in [0, 0.05) is 25.7 Å². The molecule has 162 valence electrons. The fraction of sp³-hybridized carbons (Fsp3) is 0.696. The molecule has 1 aliphatic heterocycles. The number of hydrogen-bond donors (Lipinski definition) is 3. The van der Waals surface area contributed by atoms with E-state index >= 15 is 0 Å². The van der Waals surface area contributed by atoms with Crippen LogP contribution in [0.3, 0.4) is 0 Å². The van der Waals surface area contributed by atoms with E-state index in [4.69, 9.17) is 9.73 Å². The Morgan fingerprint density at radius 3 is 2.41 bits per heavy atom. The van der Waals surface area contributed by atoms with Crippen molar-refractivity contribution in [3.05, 3.63) is 29.8 Å². The lowest BCUT2D eigenvalue weighted by Gasteiger charge is -2.31. The lowest BCUT2D eigenvalue weighted by atomic mass is 9.93. The summed E-state index contributed by atoms with van der Waals surface area (Å²) in [7, 11) is 1.71. The Labute approximate surface area is 175 Å². The molecule has 0 bridgehead atoms. The number of rotatable bonds is 7. The molecule has 0 amide bonds. The first-order chi connectivity index (χ1) is 14.2. The molecule has 1 aromatic rings. The molecule has 1 heterocycles. The minimum absolute atomic E-state index is 0.115. The van der Waals surface area contributed by atoms with E-state index in [1.807, 2.05) is 12.1 Å². The van der Waals surface area contributed by atoms with E-state index in [9.17, 15) is 5.11 Å². The van der Waals surface area contributed by atoms with Crippen LogP contribution in [0.4, 0.5) is 0 Å². The van der Waals surface area contributed by atoms with Crippen LogP contribution in [0, 0.1) is 5.92 Å². The summed E-state index contributed by atoms with van der Waals surface area (Å²) in [6.45, 7) is 7.16. The van der Waals surface area contributed by atoms with Crippen molar-refractivity contribution in [2.45, 2.75) is 64.1 Å². The Morgan fingerprint density at radius 2 is 1.79 bits per heavy atom. The standard InChI is InChI=1S/C23H38N4O2/c1-3-24-23(26-20-6-8-21(28)9-7-20)25-16-18-12-14-27(15-13-18)17-19-4-10-22(29-2)11-5-19/h4-5,10-11,18,20-21,28H,3,6-9,12-17H2,1-2H3,(H2,24,25,26). The highest BCUT2D eigenvalue weighted by atomic mass is 16.5. The van der Waals surface area contributed by atoms with Gasteiger partial charge in [0.15, 0.2) is 5.96 Å². The molecule has 0 spiro atoms. The number of methoxy groups -OCH3 is 1. The zero-order valence-electron chi connectivity index (χ0n) is 18.1. The third-order valence-electron chi connectivity index (χ3n) is 6.16. The first-order valence-corrected chi connectivity index (χ1v) is 11.2. The summed E-state index contributed by atoms with van der Waals surface area (Å²) in [5.74, 6) is 2.51. The summed E-state index contributed by atoms with van der Waals surface area (Å²) in [4.78, 5) is 7.42. The lowest BCUT2D eigenvalue weighted by molar-refractivity contribution is 0.120. The summed E-state index contributed by atoms with van der Waals surface area (Å²) in [6, 6.07) is 8.84. The minimum atomic E-state index is -0.115. The summed E-state index contributed by atoms with van der Waals surface area (Å²) >= 11 is 0. The normalized spacial score (nSPS) is 24.3. The van der Waals surface area contributed by atoms with Gasteiger partial charge < -0.3 is 20.5 Å². The molecule has 0 aromatic heterocycles. The quantitative estimate of drug-likeness (QED) is 0.483. The molecule has 1 aliphatic carbocycles. The maximum absolute atomic E-state index is 9.69. The number of ether oxygens (including phenoxy) is 1. The van der Waals surface area contributed by atoms with E-state index in [1.54, 1.807) is 7.11 Å². The Kier molecular flexibility index (Phi) is 8.62. The number of aliphatic imine (C=N–C) groups is 1. The van der Waals surface area contributed by atoms with Crippen LogP contribution >= 0.6 is 0 Å². The monoisotopic (exact) mass is 402 g/mol. The highest BCUT2D eigenvalue weighted by Crippen LogP contribution is 2.21. The molecule has 0 unspecified atom stereocenters. The van der Waals surface area contributed by atoms with Crippen LogP contribution in [0.1, 0.15) is 51.0 Å². The molecule has 2 aliphatic rings. The van der Waals surface area contributed by atoms with Gasteiger partial charge in [-0.3, -0.25) is 9.89 Å². The number of benzene rings is 1. The topological polar surface area (TPSA) is 69.1 Å². The van der Waals surface area contributed by atoms with Crippen LogP contribution in [0.15, 0.2) is 29.3 Å². The summed E-state index contributed by atoms with van der Waals surface area (Å²) in [5, 5.41) is 16.7. The van der Waals surface area contributed by atoms with Gasteiger partial charge in [0.25, 0.3) is 0 Å². The van der Waals surface area contributed by atoms with Crippen molar-refractivity contribution < 1.29 is 9.84 Å². The van der Waals surface area contributed by atoms with Gasteiger partial charge >= 0.3 is 0 Å². The Morgan fingerprint density at radius 1 is 1.10 bits per heavy atom. The van der Waals surface area contributed by atoms with Crippen molar-refractivity contribution in [3.8, 4) is 5.75 Å². The highest BCUT2D eigenvalue weighted by molar-refractivity contribution is 5.80. The molecule has 3 rings (SSSR count). The minimum Gasteiger partial charge on any atom is -0.497 e. The molecule has 2 fully saturated rings. The predicted octanol–water partition coefficient (Wildman–Crippen LogP) is 2.77. The lowest BCUT2D eigenvalue weighted by Crippen LogP contribution is -2.45. The van der Waals surface area contributed by atoms with E-state index in [0.29, 0.717) is 12.0 Å². The zero-order valence-corrected chi connectivity index (χ0v) is 18.1. The molecule has 1 saturated heterocycles. The van der Waals surface area contributed by atoms with Crippen molar-refractivity contribution >= 4 is 5.96 Å². The number of piperidine rings is 1. The zero-order chi connectivity index (χ0) is 20.5. The Bertz CT molecular complexity index is 618. The van der Waals surface area contributed by atoms with Crippen LogP contribution in [0.25, 0.3) is 0 Å². The van der Waals surface area contributed by atoms with Gasteiger partial charge in [0.05, 0.1) is 13.2 Å². The maximum atomic E-state index is 9.69. The third-order valence-corrected chi connectivity index (χ3v) is 6.16. The summed E-state index contributed by atoms with van der Waals surface area (Å²) in [6.07, 6.45) is 6.12. The number of aliphatic hydroxyl groups excluding tert-OH is 1. The molecule has 0 atom stereocenters. The molecule has 29 heavy (non-hydrogen) atoms. The van der Waals surface area contributed by atoms with Crippen LogP contribution in [-0.2, 0) is 6.54 Å². The van der Waals surface area contributed by atoms with Crippen LogP contribution in [0.2, 0.25) is 0 Å². The molecular weight excluding hydrogens is 364 g/mol. The first-order valence-electron chi connectivity index (χ1n) is 11.2. The van der Waals surface area contributed by atoms with Gasteiger partial charge in [-0.25, -0.2) is 0 Å². The largest absolute Gasteiger partial charge is 0.497 e. The SMILES string of the molecule is CCNC(=NCC1CCN(Cc2ccc(OC)cc2)CC1)NC1CCC(O)CC1. The predicted molar refractivity (Wildman–Crippen MR) is 118 cm³/mol. The van der Waals surface area contributed by atoms with E-state index < -0.39 is 0 Å². The molecule has 3 N–H and O–H groups in total. The second kappa shape index (κ2) is 11.4. The van der Waals surface area contributed by atoms with Crippen molar-refractivity contribution in [1.29, 1.82) is 0 Å². The van der Waals surface area contributed by atoms with E-state index in [2.05, 4.69) is 34.6 Å². The van der Waals surface area contributed by atoms with Gasteiger partial charge in [-0.15, -0.1) is 0 Å². The third kappa shape index (κ3) is 7.19. The van der Waals surface area contributed by atoms with E-state index in [0.717, 1.165) is 70.1 Å². The average molecular weight is 403 g/mol. The molecule has 6 nitrogen and oxygen atoms in total. The van der Waals surface area contributed by atoms with E-state index in [-0.39, 0.29) is 6.10 Å². The van der Waals surface area contributed by atoms with Gasteiger partial charge in [0.1, 0.15) is 5.75 Å². The molecule has 0 radical (unpaired) electrons. The first kappa shape index (κ1) is 21.9. The van der Waals surface area contributed by atoms with Crippen LogP contribution in [0.5, 0.6) is 5.75 Å². The van der Waals surface area contributed by atoms with Crippen molar-refractivity contribution in [1.82, 2.24) is 15.5 Å². The van der Waals surface area contributed by atoms with E-state index in [1.165, 1.54) is 18.4 Å². The van der Waals surface area contributed by atoms with Crippen LogP contribution in [-0.4, -0.2) is 61.4 Å². The molecule has 1 aromatic carbocycles. The van der Waals surface area contributed by atoms with Gasteiger partial charge in [0.2, 0.25) is 0 Å². The highest BCUT2D eigenvalue weighted by Gasteiger charge is 2.21. The number of nitrogens with one attached hydrogen (secondary N) is 2. The average Bonchev–Trinajstić information content (AvgIpc) is 2.75. The van der Waals surface area contributed by atoms with Gasteiger partial charge in [-0.1, -0.05) is 12.1 Å². The molecular formula is C23H38N4O2. The number of likely N-dealkylation sites (tertiary alicyclic amines) is 1. The Hall–Kier alpha value is -1.79. The molecule has 1 saturated carbocycles. The maximum Gasteiger partial charge on any atom is 0.191 e. The van der Waals surface area contributed by atoms with Crippen molar-refractivity contribution in [3.63, 3.8) is 0 Å². The second-order valence-corrected chi connectivity index (χ2v) is 8.44. The summed E-state index contributed by atoms with van der Waals surface area (Å²) in [5.41, 5.74) is 1.35. The number of nitrogens with zero attached hydrogens (tertiary/aromatic N) is 2. The van der Waals surface area contributed by atoms with Crippen LogP contribution < -0.4 is 15.4 Å². The van der Waals surface area contributed by atoms with Crippen molar-refractivity contribution in [2.24, 2.45) is 10.9 Å². The fourth-order valence-corrected chi connectivity index (χ4v) is 4.27. The Balaban J connectivity index is 1.41. The summed E-state index contributed by atoms with van der Waals surface area (Å²) < 4.78 is 5.24. The van der Waals surface area contributed by atoms with Gasteiger partial charge in [-0.05, 0) is 82.2 Å². The number of aliphatic hydroxyl groups is 1. The van der Waals surface area contributed by atoms with Crippen molar-refractivity contribution in [2.75, 3.05) is 33.3 Å².